The molecule has 2 aromatic rings. The standard InChI is InChI=1S/C19H23NO2/c1-22-18-9-8-15-7-6-14(12-17(15)13-18)10-11-20-19(21)16-4-2-3-5-16/h6-9,12-13,16H,2-5,10-11H2,1H3,(H,20,21). The van der Waals surface area contributed by atoms with Gasteiger partial charge in [-0.2, -0.15) is 0 Å². The molecule has 3 heteroatoms. The minimum absolute atomic E-state index is 0.236. The lowest BCUT2D eigenvalue weighted by Gasteiger charge is -2.10. The predicted molar refractivity (Wildman–Crippen MR) is 89.2 cm³/mol. The molecule has 1 N–H and O–H groups in total. The average Bonchev–Trinajstić information content (AvgIpc) is 3.08. The third kappa shape index (κ3) is 3.41. The van der Waals surface area contributed by atoms with Crippen molar-refractivity contribution in [2.45, 2.75) is 32.1 Å². The number of amides is 1. The molecule has 0 aliphatic heterocycles. The highest BCUT2D eigenvalue weighted by Gasteiger charge is 2.21. The first-order valence-corrected chi connectivity index (χ1v) is 8.10. The van der Waals surface area contributed by atoms with Crippen LogP contribution in [0.5, 0.6) is 5.75 Å². The van der Waals surface area contributed by atoms with E-state index in [-0.39, 0.29) is 11.8 Å². The van der Waals surface area contributed by atoms with E-state index in [4.69, 9.17) is 4.74 Å². The third-order valence-electron chi connectivity index (χ3n) is 4.55. The molecular weight excluding hydrogens is 274 g/mol. The van der Waals surface area contributed by atoms with Gasteiger partial charge < -0.3 is 10.1 Å². The fraction of sp³-hybridized carbons (Fsp3) is 0.421. The van der Waals surface area contributed by atoms with Crippen molar-refractivity contribution in [1.82, 2.24) is 5.32 Å². The van der Waals surface area contributed by atoms with Gasteiger partial charge in [-0.3, -0.25) is 4.79 Å². The summed E-state index contributed by atoms with van der Waals surface area (Å²) in [5.74, 6) is 1.36. The van der Waals surface area contributed by atoms with Gasteiger partial charge in [-0.15, -0.1) is 0 Å². The minimum atomic E-state index is 0.236. The maximum atomic E-state index is 12.0. The summed E-state index contributed by atoms with van der Waals surface area (Å²) in [4.78, 5) is 12.0. The molecule has 0 unspecified atom stereocenters. The lowest BCUT2D eigenvalue weighted by Crippen LogP contribution is -2.30. The molecule has 1 amide bonds. The van der Waals surface area contributed by atoms with Crippen LogP contribution < -0.4 is 10.1 Å². The molecule has 0 aromatic heterocycles. The number of ether oxygens (including phenoxy) is 1. The molecule has 1 aliphatic rings. The lowest BCUT2D eigenvalue weighted by atomic mass is 10.0. The Morgan fingerprint density at radius 2 is 1.91 bits per heavy atom. The topological polar surface area (TPSA) is 38.3 Å². The molecule has 0 saturated heterocycles. The van der Waals surface area contributed by atoms with Crippen molar-refractivity contribution in [1.29, 1.82) is 0 Å². The molecule has 3 rings (SSSR count). The maximum absolute atomic E-state index is 12.0. The van der Waals surface area contributed by atoms with E-state index in [1.165, 1.54) is 29.2 Å². The molecule has 2 aromatic carbocycles. The molecule has 3 nitrogen and oxygen atoms in total. The molecule has 0 radical (unpaired) electrons. The monoisotopic (exact) mass is 297 g/mol. The number of methoxy groups -OCH3 is 1. The van der Waals surface area contributed by atoms with Gasteiger partial charge in [0.2, 0.25) is 5.91 Å². The number of fused-ring (bicyclic) bond motifs is 1. The molecule has 0 atom stereocenters. The van der Waals surface area contributed by atoms with Crippen LogP contribution >= 0.6 is 0 Å². The second kappa shape index (κ2) is 6.82. The predicted octanol–water partition coefficient (Wildman–Crippen LogP) is 3.70. The van der Waals surface area contributed by atoms with Crippen LogP contribution in [-0.4, -0.2) is 19.6 Å². The Hall–Kier alpha value is -2.03. The van der Waals surface area contributed by atoms with Gasteiger partial charge in [0.1, 0.15) is 5.75 Å². The second-order valence-corrected chi connectivity index (χ2v) is 6.07. The van der Waals surface area contributed by atoms with Crippen LogP contribution in [0.15, 0.2) is 36.4 Å². The van der Waals surface area contributed by atoms with E-state index >= 15 is 0 Å². The number of hydrogen-bond donors (Lipinski definition) is 1. The zero-order chi connectivity index (χ0) is 15.4. The third-order valence-corrected chi connectivity index (χ3v) is 4.55. The van der Waals surface area contributed by atoms with Crippen LogP contribution in [0.3, 0.4) is 0 Å². The average molecular weight is 297 g/mol. The number of carbonyl (C=O) groups excluding carboxylic acids is 1. The Balaban J connectivity index is 1.60. The number of carbonyl (C=O) groups is 1. The first kappa shape index (κ1) is 14.9. The van der Waals surface area contributed by atoms with Crippen molar-refractivity contribution in [3.05, 3.63) is 42.0 Å². The van der Waals surface area contributed by atoms with E-state index < -0.39 is 0 Å². The SMILES string of the molecule is COc1ccc2ccc(CCNC(=O)C3CCCC3)cc2c1. The zero-order valence-corrected chi connectivity index (χ0v) is 13.1. The summed E-state index contributed by atoms with van der Waals surface area (Å²) < 4.78 is 5.27. The van der Waals surface area contributed by atoms with E-state index in [0.717, 1.165) is 25.0 Å². The number of hydrogen-bond acceptors (Lipinski definition) is 2. The van der Waals surface area contributed by atoms with Crippen LogP contribution in [0.1, 0.15) is 31.2 Å². The van der Waals surface area contributed by atoms with Crippen LogP contribution in [0.2, 0.25) is 0 Å². The quantitative estimate of drug-likeness (QED) is 0.914. The smallest absolute Gasteiger partial charge is 0.223 e. The maximum Gasteiger partial charge on any atom is 0.223 e. The largest absolute Gasteiger partial charge is 0.497 e. The van der Waals surface area contributed by atoms with Crippen LogP contribution in [0, 0.1) is 5.92 Å². The summed E-state index contributed by atoms with van der Waals surface area (Å²) in [6.45, 7) is 0.713. The van der Waals surface area contributed by atoms with Gasteiger partial charge in [-0.25, -0.2) is 0 Å². The highest BCUT2D eigenvalue weighted by Crippen LogP contribution is 2.25. The summed E-state index contributed by atoms with van der Waals surface area (Å²) in [7, 11) is 1.68. The second-order valence-electron chi connectivity index (χ2n) is 6.07. The molecule has 1 saturated carbocycles. The van der Waals surface area contributed by atoms with Gasteiger partial charge in [0, 0.05) is 12.5 Å². The molecule has 1 aliphatic carbocycles. The van der Waals surface area contributed by atoms with Gasteiger partial charge in [-0.05, 0) is 47.7 Å². The summed E-state index contributed by atoms with van der Waals surface area (Å²) >= 11 is 0. The van der Waals surface area contributed by atoms with Crippen LogP contribution in [0.4, 0.5) is 0 Å². The fourth-order valence-electron chi connectivity index (χ4n) is 3.22. The Morgan fingerprint density at radius 3 is 2.68 bits per heavy atom. The van der Waals surface area contributed by atoms with Gasteiger partial charge in [0.05, 0.1) is 7.11 Å². The van der Waals surface area contributed by atoms with Crippen molar-refractivity contribution in [3.63, 3.8) is 0 Å². The van der Waals surface area contributed by atoms with Gasteiger partial charge in [-0.1, -0.05) is 37.1 Å². The van der Waals surface area contributed by atoms with E-state index in [2.05, 4.69) is 35.6 Å². The summed E-state index contributed by atoms with van der Waals surface area (Å²) in [5.41, 5.74) is 1.24. The van der Waals surface area contributed by atoms with Crippen molar-refractivity contribution in [3.8, 4) is 5.75 Å². The Labute approximate surface area is 131 Å². The molecule has 22 heavy (non-hydrogen) atoms. The van der Waals surface area contributed by atoms with Crippen molar-refractivity contribution in [2.75, 3.05) is 13.7 Å². The zero-order valence-electron chi connectivity index (χ0n) is 13.1. The fourth-order valence-corrected chi connectivity index (χ4v) is 3.22. The van der Waals surface area contributed by atoms with Crippen molar-refractivity contribution in [2.24, 2.45) is 5.92 Å². The lowest BCUT2D eigenvalue weighted by molar-refractivity contribution is -0.124. The van der Waals surface area contributed by atoms with Crippen LogP contribution in [-0.2, 0) is 11.2 Å². The molecule has 116 valence electrons. The molecule has 0 spiro atoms. The normalized spacial score (nSPS) is 15.1. The highest BCUT2D eigenvalue weighted by molar-refractivity contribution is 5.84. The van der Waals surface area contributed by atoms with Crippen molar-refractivity contribution < 1.29 is 9.53 Å². The number of nitrogens with one attached hydrogen (secondary N) is 1. The van der Waals surface area contributed by atoms with Gasteiger partial charge in [0.25, 0.3) is 0 Å². The molecule has 1 fully saturated rings. The Kier molecular flexibility index (Phi) is 4.62. The van der Waals surface area contributed by atoms with E-state index in [9.17, 15) is 4.79 Å². The Morgan fingerprint density at radius 1 is 1.14 bits per heavy atom. The summed E-state index contributed by atoms with van der Waals surface area (Å²) in [6, 6.07) is 12.5. The van der Waals surface area contributed by atoms with E-state index in [0.29, 0.717) is 6.54 Å². The Bertz CT molecular complexity index is 660. The number of rotatable bonds is 5. The van der Waals surface area contributed by atoms with E-state index in [1.54, 1.807) is 7.11 Å². The molecular formula is C19H23NO2. The van der Waals surface area contributed by atoms with Crippen molar-refractivity contribution >= 4 is 16.7 Å². The highest BCUT2D eigenvalue weighted by atomic mass is 16.5. The molecule has 0 heterocycles. The molecule has 0 bridgehead atoms. The van der Waals surface area contributed by atoms with Gasteiger partial charge >= 0.3 is 0 Å². The minimum Gasteiger partial charge on any atom is -0.497 e. The van der Waals surface area contributed by atoms with E-state index in [1.807, 2.05) is 6.07 Å². The summed E-state index contributed by atoms with van der Waals surface area (Å²) in [5, 5.41) is 5.47. The summed E-state index contributed by atoms with van der Waals surface area (Å²) in [6.07, 6.45) is 5.38. The first-order valence-electron chi connectivity index (χ1n) is 8.10. The number of benzene rings is 2. The van der Waals surface area contributed by atoms with Gasteiger partial charge in [0.15, 0.2) is 0 Å². The van der Waals surface area contributed by atoms with Crippen LogP contribution in [0.25, 0.3) is 10.8 Å². The first-order chi connectivity index (χ1) is 10.8.